The number of sulfonamides is 1. The van der Waals surface area contributed by atoms with Crippen LogP contribution in [0.4, 0.5) is 5.69 Å². The topological polar surface area (TPSA) is 84.5 Å². The van der Waals surface area contributed by atoms with Crippen LogP contribution < -0.4 is 14.8 Å². The van der Waals surface area contributed by atoms with E-state index in [1.54, 1.807) is 19.2 Å². The van der Waals surface area contributed by atoms with Crippen LogP contribution in [0, 0.1) is 20.8 Å². The first kappa shape index (κ1) is 25.6. The van der Waals surface area contributed by atoms with E-state index in [4.69, 9.17) is 16.3 Å². The van der Waals surface area contributed by atoms with Crippen molar-refractivity contribution in [1.82, 2.24) is 5.32 Å². The van der Waals surface area contributed by atoms with Crippen molar-refractivity contribution in [3.05, 3.63) is 87.4 Å². The minimum atomic E-state index is -4.00. The maximum atomic E-state index is 13.1. The van der Waals surface area contributed by atoms with Crippen molar-refractivity contribution in [2.24, 2.45) is 0 Å². The fourth-order valence-electron chi connectivity index (χ4n) is 3.65. The summed E-state index contributed by atoms with van der Waals surface area (Å²) in [5.41, 5.74) is 4.54. The summed E-state index contributed by atoms with van der Waals surface area (Å²) in [5, 5.41) is 3.02. The highest BCUT2D eigenvalue weighted by Gasteiger charge is 2.22. The van der Waals surface area contributed by atoms with E-state index in [1.165, 1.54) is 18.2 Å². The number of amides is 1. The normalized spacial score (nSPS) is 12.2. The van der Waals surface area contributed by atoms with Gasteiger partial charge in [-0.05, 0) is 85.8 Å². The molecule has 0 aliphatic carbocycles. The second-order valence-corrected chi connectivity index (χ2v) is 10.3. The van der Waals surface area contributed by atoms with Gasteiger partial charge in [-0.3, -0.25) is 9.52 Å². The molecule has 0 saturated carbocycles. The highest BCUT2D eigenvalue weighted by atomic mass is 35.5. The quantitative estimate of drug-likeness (QED) is 0.400. The number of carbonyl (C=O) groups is 1. The summed E-state index contributed by atoms with van der Waals surface area (Å²) in [6.45, 7) is 7.76. The molecular formula is C26H29ClN2O4S. The smallest absolute Gasteiger partial charge is 0.263 e. The van der Waals surface area contributed by atoms with Gasteiger partial charge in [0.25, 0.3) is 15.9 Å². The fourth-order valence-corrected chi connectivity index (χ4v) is 5.22. The van der Waals surface area contributed by atoms with Crippen LogP contribution in [0.1, 0.15) is 52.0 Å². The molecule has 2 N–H and O–H groups in total. The molecule has 34 heavy (non-hydrogen) atoms. The van der Waals surface area contributed by atoms with E-state index >= 15 is 0 Å². The molecule has 0 heterocycles. The predicted molar refractivity (Wildman–Crippen MR) is 136 cm³/mol. The molecule has 0 bridgehead atoms. The molecule has 1 atom stereocenters. The molecule has 1 amide bonds. The number of benzene rings is 3. The minimum Gasteiger partial charge on any atom is -0.496 e. The Hall–Kier alpha value is -3.03. The first-order valence-corrected chi connectivity index (χ1v) is 12.8. The number of hydrogen-bond acceptors (Lipinski definition) is 4. The van der Waals surface area contributed by atoms with Crippen molar-refractivity contribution in [2.75, 3.05) is 11.8 Å². The van der Waals surface area contributed by atoms with Gasteiger partial charge in [0.05, 0.1) is 18.2 Å². The highest BCUT2D eigenvalue weighted by Crippen LogP contribution is 2.28. The Bertz CT molecular complexity index is 1320. The van der Waals surface area contributed by atoms with Gasteiger partial charge in [0, 0.05) is 11.3 Å². The summed E-state index contributed by atoms with van der Waals surface area (Å²) in [5.74, 6) is 0.383. The van der Waals surface area contributed by atoms with Gasteiger partial charge in [-0.1, -0.05) is 36.7 Å². The van der Waals surface area contributed by atoms with Crippen LogP contribution in [0.25, 0.3) is 0 Å². The molecule has 6 nitrogen and oxygen atoms in total. The van der Waals surface area contributed by atoms with Crippen LogP contribution in [-0.4, -0.2) is 21.4 Å². The van der Waals surface area contributed by atoms with Crippen LogP contribution >= 0.6 is 11.6 Å². The molecule has 0 fully saturated rings. The van der Waals surface area contributed by atoms with E-state index in [2.05, 4.69) is 10.0 Å². The zero-order chi connectivity index (χ0) is 25.0. The van der Waals surface area contributed by atoms with Crippen LogP contribution in [0.3, 0.4) is 0 Å². The predicted octanol–water partition coefficient (Wildman–Crippen LogP) is 5.96. The molecule has 180 valence electrons. The second kappa shape index (κ2) is 10.5. The standard InChI is InChI=1S/C26H29ClN2O4S/c1-6-23(19-9-12-24(33-5)18(4)13-19)28-26(30)20-8-11-22(27)25(15-20)34(31,32)29-21-10-7-16(2)17(3)14-21/h7-15,23,29H,6H2,1-5H3,(H,28,30)/t23-/m0/s1. The largest absolute Gasteiger partial charge is 0.496 e. The first-order valence-electron chi connectivity index (χ1n) is 10.9. The maximum absolute atomic E-state index is 13.1. The minimum absolute atomic E-state index is 0.0331. The Balaban J connectivity index is 1.86. The molecule has 0 unspecified atom stereocenters. The van der Waals surface area contributed by atoms with E-state index in [0.717, 1.165) is 28.0 Å². The lowest BCUT2D eigenvalue weighted by Crippen LogP contribution is -2.28. The summed E-state index contributed by atoms with van der Waals surface area (Å²) in [4.78, 5) is 12.9. The molecule has 3 rings (SSSR count). The lowest BCUT2D eigenvalue weighted by molar-refractivity contribution is 0.0935. The average Bonchev–Trinajstić information content (AvgIpc) is 2.79. The van der Waals surface area contributed by atoms with Crippen molar-refractivity contribution in [1.29, 1.82) is 0 Å². The van der Waals surface area contributed by atoms with Crippen molar-refractivity contribution < 1.29 is 17.9 Å². The van der Waals surface area contributed by atoms with Gasteiger partial charge in [0.2, 0.25) is 0 Å². The number of aryl methyl sites for hydroxylation is 3. The third-order valence-electron chi connectivity index (χ3n) is 5.78. The van der Waals surface area contributed by atoms with Crippen LogP contribution in [0.15, 0.2) is 59.5 Å². The number of rotatable bonds is 8. The fraction of sp³-hybridized carbons (Fsp3) is 0.269. The highest BCUT2D eigenvalue weighted by molar-refractivity contribution is 7.92. The molecular weight excluding hydrogens is 472 g/mol. The van der Waals surface area contributed by atoms with Crippen molar-refractivity contribution in [3.8, 4) is 5.75 Å². The second-order valence-electron chi connectivity index (χ2n) is 8.21. The lowest BCUT2D eigenvalue weighted by Gasteiger charge is -2.19. The Morgan fingerprint density at radius 2 is 1.71 bits per heavy atom. The monoisotopic (exact) mass is 500 g/mol. The van der Waals surface area contributed by atoms with E-state index in [1.807, 2.05) is 52.0 Å². The van der Waals surface area contributed by atoms with Gasteiger partial charge in [-0.25, -0.2) is 8.42 Å². The van der Waals surface area contributed by atoms with E-state index < -0.39 is 10.0 Å². The number of carbonyl (C=O) groups excluding carboxylic acids is 1. The molecule has 0 saturated heterocycles. The molecule has 0 spiro atoms. The van der Waals surface area contributed by atoms with Gasteiger partial charge in [-0.2, -0.15) is 0 Å². The summed E-state index contributed by atoms with van der Waals surface area (Å²) >= 11 is 6.22. The Labute approximate surface area is 206 Å². The average molecular weight is 501 g/mol. The van der Waals surface area contributed by atoms with E-state index in [9.17, 15) is 13.2 Å². The third kappa shape index (κ3) is 5.72. The molecule has 3 aromatic carbocycles. The molecule has 0 aromatic heterocycles. The summed E-state index contributed by atoms with van der Waals surface area (Å²) in [6.07, 6.45) is 0.657. The van der Waals surface area contributed by atoms with Crippen LogP contribution in [-0.2, 0) is 10.0 Å². The first-order chi connectivity index (χ1) is 16.1. The van der Waals surface area contributed by atoms with Gasteiger partial charge >= 0.3 is 0 Å². The van der Waals surface area contributed by atoms with E-state index in [-0.39, 0.29) is 27.4 Å². The molecule has 0 aliphatic heterocycles. The third-order valence-corrected chi connectivity index (χ3v) is 7.64. The Morgan fingerprint density at radius 1 is 0.971 bits per heavy atom. The molecule has 0 aliphatic rings. The SMILES string of the molecule is CC[C@H](NC(=O)c1ccc(Cl)c(S(=O)(=O)Nc2ccc(C)c(C)c2)c1)c1ccc(OC)c(C)c1. The Kier molecular flexibility index (Phi) is 7.89. The Morgan fingerprint density at radius 3 is 2.32 bits per heavy atom. The number of ether oxygens (including phenoxy) is 1. The lowest BCUT2D eigenvalue weighted by atomic mass is 10.0. The van der Waals surface area contributed by atoms with Crippen molar-refractivity contribution in [3.63, 3.8) is 0 Å². The zero-order valence-electron chi connectivity index (χ0n) is 19.9. The van der Waals surface area contributed by atoms with Gasteiger partial charge < -0.3 is 10.1 Å². The number of hydrogen-bond donors (Lipinski definition) is 2. The molecule has 3 aromatic rings. The van der Waals surface area contributed by atoms with Gasteiger partial charge in [0.15, 0.2) is 0 Å². The summed E-state index contributed by atoms with van der Waals surface area (Å²) < 4.78 is 34.0. The van der Waals surface area contributed by atoms with Gasteiger partial charge in [0.1, 0.15) is 10.6 Å². The zero-order valence-corrected chi connectivity index (χ0v) is 21.5. The number of halogens is 1. The van der Waals surface area contributed by atoms with Gasteiger partial charge in [-0.15, -0.1) is 0 Å². The number of nitrogens with one attached hydrogen (secondary N) is 2. The number of methoxy groups -OCH3 is 1. The van der Waals surface area contributed by atoms with Crippen molar-refractivity contribution >= 4 is 33.2 Å². The maximum Gasteiger partial charge on any atom is 0.263 e. The van der Waals surface area contributed by atoms with Crippen LogP contribution in [0.5, 0.6) is 5.75 Å². The van der Waals surface area contributed by atoms with Crippen LogP contribution in [0.2, 0.25) is 5.02 Å². The number of anilines is 1. The molecule has 8 heteroatoms. The van der Waals surface area contributed by atoms with Crippen molar-refractivity contribution in [2.45, 2.75) is 45.1 Å². The summed E-state index contributed by atoms with van der Waals surface area (Å²) in [7, 11) is -2.39. The molecule has 0 radical (unpaired) electrons. The van der Waals surface area contributed by atoms with E-state index in [0.29, 0.717) is 12.1 Å². The summed E-state index contributed by atoms with van der Waals surface area (Å²) in [6, 6.07) is 15.0.